The SMILES string of the molecule is CC1(C)CC(NC(=O)c2cccc(OCc3ccccc3)c2)c2ccccc2O1. The fourth-order valence-electron chi connectivity index (χ4n) is 3.64. The number of amides is 1. The first-order valence-corrected chi connectivity index (χ1v) is 9.86. The van der Waals surface area contributed by atoms with Gasteiger partial charge in [0.25, 0.3) is 5.91 Å². The maximum absolute atomic E-state index is 13.0. The van der Waals surface area contributed by atoms with Gasteiger partial charge in [-0.15, -0.1) is 0 Å². The Bertz CT molecular complexity index is 998. The molecule has 3 aromatic carbocycles. The van der Waals surface area contributed by atoms with Gasteiger partial charge in [-0.25, -0.2) is 0 Å². The lowest BCUT2D eigenvalue weighted by atomic mass is 9.89. The van der Waals surface area contributed by atoms with Crippen LogP contribution in [0, 0.1) is 0 Å². The predicted molar refractivity (Wildman–Crippen MR) is 113 cm³/mol. The molecule has 29 heavy (non-hydrogen) atoms. The van der Waals surface area contributed by atoms with Gasteiger partial charge < -0.3 is 14.8 Å². The summed E-state index contributed by atoms with van der Waals surface area (Å²) in [5.74, 6) is 1.39. The highest BCUT2D eigenvalue weighted by molar-refractivity contribution is 5.94. The highest BCUT2D eigenvalue weighted by Gasteiger charge is 2.34. The first-order valence-electron chi connectivity index (χ1n) is 9.86. The summed E-state index contributed by atoms with van der Waals surface area (Å²) >= 11 is 0. The maximum Gasteiger partial charge on any atom is 0.251 e. The maximum atomic E-state index is 13.0. The van der Waals surface area contributed by atoms with E-state index in [0.29, 0.717) is 24.3 Å². The van der Waals surface area contributed by atoms with E-state index in [1.165, 1.54) is 0 Å². The third kappa shape index (κ3) is 4.60. The number of nitrogens with one attached hydrogen (secondary N) is 1. The summed E-state index contributed by atoms with van der Waals surface area (Å²) in [4.78, 5) is 13.0. The van der Waals surface area contributed by atoms with Crippen molar-refractivity contribution in [2.24, 2.45) is 0 Å². The number of hydrogen-bond donors (Lipinski definition) is 1. The van der Waals surface area contributed by atoms with Crippen LogP contribution in [-0.2, 0) is 6.61 Å². The Morgan fingerprint density at radius 1 is 1.03 bits per heavy atom. The molecule has 1 N–H and O–H groups in total. The highest BCUT2D eigenvalue weighted by atomic mass is 16.5. The molecule has 0 fully saturated rings. The molecule has 4 heteroatoms. The zero-order valence-electron chi connectivity index (χ0n) is 16.7. The van der Waals surface area contributed by atoms with Crippen molar-refractivity contribution in [3.05, 3.63) is 95.6 Å². The molecule has 1 amide bonds. The number of carbonyl (C=O) groups excluding carboxylic acids is 1. The molecule has 1 aliphatic heterocycles. The van der Waals surface area contributed by atoms with Gasteiger partial charge in [-0.1, -0.05) is 54.6 Å². The van der Waals surface area contributed by atoms with Gasteiger partial charge in [0.15, 0.2) is 0 Å². The molecule has 1 aliphatic rings. The van der Waals surface area contributed by atoms with Crippen molar-refractivity contribution in [1.82, 2.24) is 5.32 Å². The van der Waals surface area contributed by atoms with Crippen molar-refractivity contribution in [2.75, 3.05) is 0 Å². The normalized spacial score (nSPS) is 17.0. The molecule has 0 aliphatic carbocycles. The largest absolute Gasteiger partial charge is 0.489 e. The molecular weight excluding hydrogens is 362 g/mol. The summed E-state index contributed by atoms with van der Waals surface area (Å²) in [6.45, 7) is 4.55. The second-order valence-corrected chi connectivity index (χ2v) is 7.93. The lowest BCUT2D eigenvalue weighted by Gasteiger charge is -2.37. The fraction of sp³-hybridized carbons (Fsp3) is 0.240. The smallest absolute Gasteiger partial charge is 0.251 e. The number of hydrogen-bond acceptors (Lipinski definition) is 3. The van der Waals surface area contributed by atoms with Crippen LogP contribution in [0.5, 0.6) is 11.5 Å². The number of para-hydroxylation sites is 1. The monoisotopic (exact) mass is 387 g/mol. The van der Waals surface area contributed by atoms with E-state index in [1.807, 2.05) is 80.6 Å². The zero-order chi connectivity index (χ0) is 20.3. The molecule has 148 valence electrons. The van der Waals surface area contributed by atoms with E-state index < -0.39 is 0 Å². The van der Waals surface area contributed by atoms with Crippen molar-refractivity contribution in [1.29, 1.82) is 0 Å². The number of benzene rings is 3. The van der Waals surface area contributed by atoms with Crippen LogP contribution in [0.3, 0.4) is 0 Å². The van der Waals surface area contributed by atoms with Crippen LogP contribution in [-0.4, -0.2) is 11.5 Å². The number of fused-ring (bicyclic) bond motifs is 1. The third-order valence-corrected chi connectivity index (χ3v) is 5.03. The van der Waals surface area contributed by atoms with Crippen LogP contribution in [0.15, 0.2) is 78.9 Å². The van der Waals surface area contributed by atoms with Crippen molar-refractivity contribution < 1.29 is 14.3 Å². The minimum atomic E-state index is -0.340. The van der Waals surface area contributed by atoms with Crippen molar-refractivity contribution in [2.45, 2.75) is 38.5 Å². The zero-order valence-corrected chi connectivity index (χ0v) is 16.7. The molecule has 1 unspecified atom stereocenters. The summed E-state index contributed by atoms with van der Waals surface area (Å²) < 4.78 is 11.9. The van der Waals surface area contributed by atoms with Gasteiger partial charge in [0.1, 0.15) is 23.7 Å². The van der Waals surface area contributed by atoms with Crippen molar-refractivity contribution >= 4 is 5.91 Å². The molecule has 3 aromatic rings. The van der Waals surface area contributed by atoms with Crippen molar-refractivity contribution in [3.8, 4) is 11.5 Å². The van der Waals surface area contributed by atoms with Gasteiger partial charge in [0.2, 0.25) is 0 Å². The Kier molecular flexibility index (Phi) is 5.26. The minimum Gasteiger partial charge on any atom is -0.489 e. The molecule has 0 spiro atoms. The molecule has 4 nitrogen and oxygen atoms in total. The molecule has 0 saturated carbocycles. The molecule has 4 rings (SSSR count). The summed E-state index contributed by atoms with van der Waals surface area (Å²) in [5, 5.41) is 3.17. The molecular formula is C25H25NO3. The molecule has 0 aromatic heterocycles. The van der Waals surface area contributed by atoms with Gasteiger partial charge in [-0.05, 0) is 43.7 Å². The summed E-state index contributed by atoms with van der Waals surface area (Å²) in [6, 6.07) is 25.1. The summed E-state index contributed by atoms with van der Waals surface area (Å²) in [6.07, 6.45) is 0.708. The molecule has 1 atom stereocenters. The first-order chi connectivity index (χ1) is 14.0. The van der Waals surface area contributed by atoms with Gasteiger partial charge in [0.05, 0.1) is 6.04 Å². The molecule has 0 radical (unpaired) electrons. The van der Waals surface area contributed by atoms with E-state index >= 15 is 0 Å². The fourth-order valence-corrected chi connectivity index (χ4v) is 3.64. The van der Waals surface area contributed by atoms with E-state index in [0.717, 1.165) is 16.9 Å². The van der Waals surface area contributed by atoms with E-state index in [9.17, 15) is 4.79 Å². The molecule has 0 saturated heterocycles. The van der Waals surface area contributed by atoms with E-state index in [-0.39, 0.29) is 17.6 Å². The Hall–Kier alpha value is -3.27. The topological polar surface area (TPSA) is 47.6 Å². The second-order valence-electron chi connectivity index (χ2n) is 7.93. The highest BCUT2D eigenvalue weighted by Crippen LogP contribution is 2.39. The van der Waals surface area contributed by atoms with Crippen LogP contribution < -0.4 is 14.8 Å². The quantitative estimate of drug-likeness (QED) is 0.646. The van der Waals surface area contributed by atoms with Gasteiger partial charge >= 0.3 is 0 Å². The third-order valence-electron chi connectivity index (χ3n) is 5.03. The number of ether oxygens (including phenoxy) is 2. The Labute approximate surface area is 171 Å². The second kappa shape index (κ2) is 8.00. The van der Waals surface area contributed by atoms with Crippen LogP contribution in [0.1, 0.15) is 47.8 Å². The van der Waals surface area contributed by atoms with Gasteiger partial charge in [0, 0.05) is 17.5 Å². The average molecular weight is 387 g/mol. The standard InChI is InChI=1S/C25H25NO3/c1-25(2)16-22(21-13-6-7-14-23(21)29-25)26-24(27)19-11-8-12-20(15-19)28-17-18-9-4-3-5-10-18/h3-15,22H,16-17H2,1-2H3,(H,26,27). The minimum absolute atomic E-state index is 0.101. The van der Waals surface area contributed by atoms with Gasteiger partial charge in [-0.3, -0.25) is 4.79 Å². The van der Waals surface area contributed by atoms with Crippen LogP contribution in [0.2, 0.25) is 0 Å². The lowest BCUT2D eigenvalue weighted by molar-refractivity contribution is 0.0619. The number of carbonyl (C=O) groups is 1. The van der Waals surface area contributed by atoms with Crippen LogP contribution in [0.4, 0.5) is 0 Å². The Morgan fingerprint density at radius 2 is 1.79 bits per heavy atom. The van der Waals surface area contributed by atoms with E-state index in [1.54, 1.807) is 12.1 Å². The first kappa shape index (κ1) is 19.1. The Morgan fingerprint density at radius 3 is 2.62 bits per heavy atom. The van der Waals surface area contributed by atoms with Crippen LogP contribution in [0.25, 0.3) is 0 Å². The lowest BCUT2D eigenvalue weighted by Crippen LogP contribution is -2.41. The summed E-state index contributed by atoms with van der Waals surface area (Å²) in [7, 11) is 0. The van der Waals surface area contributed by atoms with E-state index in [4.69, 9.17) is 9.47 Å². The Balaban J connectivity index is 1.47. The summed E-state index contributed by atoms with van der Waals surface area (Å²) in [5.41, 5.74) is 2.34. The van der Waals surface area contributed by atoms with Crippen molar-refractivity contribution in [3.63, 3.8) is 0 Å². The number of rotatable bonds is 5. The average Bonchev–Trinajstić information content (AvgIpc) is 2.72. The predicted octanol–water partition coefficient (Wildman–Crippen LogP) is 5.30. The molecule has 1 heterocycles. The van der Waals surface area contributed by atoms with Gasteiger partial charge in [-0.2, -0.15) is 0 Å². The van der Waals surface area contributed by atoms with E-state index in [2.05, 4.69) is 5.32 Å². The van der Waals surface area contributed by atoms with Crippen LogP contribution >= 0.6 is 0 Å². The molecule has 0 bridgehead atoms.